The van der Waals surface area contributed by atoms with E-state index < -0.39 is 55.2 Å². The molecule has 0 aromatic heterocycles. The number of nitrogens with two attached hydrogens (primary N) is 1. The molecular weight excluding hydrogens is 783 g/mol. The largest absolute Gasteiger partial charge is 0.444 e. The zero-order chi connectivity index (χ0) is 45.4. The van der Waals surface area contributed by atoms with Crippen LogP contribution in [0.1, 0.15) is 213 Å². The van der Waals surface area contributed by atoms with Gasteiger partial charge in [0.1, 0.15) is 31.0 Å². The van der Waals surface area contributed by atoms with Crippen molar-refractivity contribution in [2.45, 2.75) is 251 Å². The summed E-state index contributed by atoms with van der Waals surface area (Å²) in [5.74, 6) is -1.42. The minimum absolute atomic E-state index is 0.156. The molecule has 1 saturated heterocycles. The lowest BCUT2D eigenvalue weighted by Crippen LogP contribution is -2.71. The lowest BCUT2D eigenvalue weighted by Gasteiger charge is -2.49. The van der Waals surface area contributed by atoms with Crippen molar-refractivity contribution in [1.29, 1.82) is 0 Å². The third-order valence-corrected chi connectivity index (χ3v) is 12.7. The van der Waals surface area contributed by atoms with Gasteiger partial charge in [-0.15, -0.1) is 0 Å². The lowest BCUT2D eigenvalue weighted by molar-refractivity contribution is -0.245. The van der Waals surface area contributed by atoms with Crippen molar-refractivity contribution in [2.75, 3.05) is 13.2 Å². The summed E-state index contributed by atoms with van der Waals surface area (Å²) in [6.07, 6.45) is 25.0. The van der Waals surface area contributed by atoms with E-state index in [4.69, 9.17) is 15.2 Å². The standard InChI is InChI=1S/C51H91N3O8/c1-5-7-9-11-13-15-17-18-19-20-21-23-25-27-29-34-38-53(44(56)37-33-28-26-24-22-16-14-12-10-8-6-2)50-46(48(58)47(57)43(39-55)62-50)54(49(59)45(52)41(3)4)51(60)61-40-42-35-31-30-32-36-42/h30-32,35-36,41,43,45-48,50,55,57-58H,5-29,33-34,37-40,52H2,1-4H3/t43-,45+,46-,47-,48-,50-/m1/s1. The minimum Gasteiger partial charge on any atom is -0.444 e. The number of aliphatic hydroxyl groups excluding tert-OH is 3. The molecule has 1 heterocycles. The highest BCUT2D eigenvalue weighted by atomic mass is 16.6. The third kappa shape index (κ3) is 21.9. The predicted molar refractivity (Wildman–Crippen MR) is 250 cm³/mol. The molecule has 3 amide bonds. The van der Waals surface area contributed by atoms with Crippen LogP contribution in [0, 0.1) is 5.92 Å². The number of benzene rings is 1. The van der Waals surface area contributed by atoms with Gasteiger partial charge in [-0.3, -0.25) is 9.59 Å². The molecule has 0 spiro atoms. The molecule has 0 unspecified atom stereocenters. The Hall–Kier alpha value is -2.57. The Kier molecular flexibility index (Phi) is 31.2. The first kappa shape index (κ1) is 55.6. The van der Waals surface area contributed by atoms with Crippen molar-refractivity contribution in [3.05, 3.63) is 35.9 Å². The molecule has 62 heavy (non-hydrogen) atoms. The highest BCUT2D eigenvalue weighted by Crippen LogP contribution is 2.31. The van der Waals surface area contributed by atoms with Crippen LogP contribution in [0.2, 0.25) is 0 Å². The Labute approximate surface area is 377 Å². The number of rotatable bonds is 36. The number of carbonyl (C=O) groups is 3. The van der Waals surface area contributed by atoms with E-state index in [1.54, 1.807) is 38.1 Å². The number of carbonyl (C=O) groups excluding carboxylic acids is 3. The molecule has 0 bridgehead atoms. The van der Waals surface area contributed by atoms with Crippen LogP contribution in [0.25, 0.3) is 0 Å². The van der Waals surface area contributed by atoms with Gasteiger partial charge in [-0.2, -0.15) is 0 Å². The lowest BCUT2D eigenvalue weighted by atomic mass is 9.92. The zero-order valence-corrected chi connectivity index (χ0v) is 39.7. The third-order valence-electron chi connectivity index (χ3n) is 12.7. The molecule has 1 fully saturated rings. The summed E-state index contributed by atoms with van der Waals surface area (Å²) in [6.45, 7) is 7.45. The minimum atomic E-state index is -1.76. The molecule has 6 atom stereocenters. The molecule has 2 rings (SSSR count). The van der Waals surface area contributed by atoms with Crippen LogP contribution in [0.3, 0.4) is 0 Å². The highest BCUT2D eigenvalue weighted by Gasteiger charge is 2.53. The first-order chi connectivity index (χ1) is 30.1. The van der Waals surface area contributed by atoms with E-state index in [2.05, 4.69) is 13.8 Å². The SMILES string of the molecule is CCCCCCCCCCCCCCCCCCN(C(=O)CCCCCCCCCCCCC)[C@@H]1O[C@H](CO)[C@@H](O)[C@H](O)[C@H]1N(C(=O)OCc1ccccc1)C(=O)[C@@H](N)C(C)C. The molecule has 5 N–H and O–H groups in total. The fraction of sp³-hybridized carbons (Fsp3) is 0.824. The molecule has 0 saturated carbocycles. The summed E-state index contributed by atoms with van der Waals surface area (Å²) in [7, 11) is 0. The van der Waals surface area contributed by atoms with Crippen LogP contribution >= 0.6 is 0 Å². The fourth-order valence-electron chi connectivity index (χ4n) is 8.52. The molecule has 0 radical (unpaired) electrons. The van der Waals surface area contributed by atoms with Crippen molar-refractivity contribution in [3.63, 3.8) is 0 Å². The normalized spacial score (nSPS) is 19.4. The van der Waals surface area contributed by atoms with Gasteiger partial charge >= 0.3 is 6.09 Å². The number of ether oxygens (including phenoxy) is 2. The average Bonchev–Trinajstić information content (AvgIpc) is 3.27. The summed E-state index contributed by atoms with van der Waals surface area (Å²) < 4.78 is 12.0. The molecule has 358 valence electrons. The number of amides is 3. The molecule has 1 aromatic rings. The number of unbranched alkanes of at least 4 members (excludes halogenated alkanes) is 25. The number of hydrogen-bond acceptors (Lipinski definition) is 9. The maximum atomic E-state index is 14.3. The van der Waals surface area contributed by atoms with Crippen LogP contribution < -0.4 is 5.73 Å². The second-order valence-corrected chi connectivity index (χ2v) is 18.4. The van der Waals surface area contributed by atoms with Crippen LogP contribution in [-0.4, -0.2) is 92.8 Å². The highest BCUT2D eigenvalue weighted by molar-refractivity contribution is 5.95. The summed E-state index contributed by atoms with van der Waals surface area (Å²) in [5.41, 5.74) is 7.06. The Morgan fingerprint density at radius 2 is 1.10 bits per heavy atom. The van der Waals surface area contributed by atoms with Gasteiger partial charge in [-0.1, -0.05) is 219 Å². The maximum Gasteiger partial charge on any atom is 0.417 e. The molecule has 1 aliphatic rings. The van der Waals surface area contributed by atoms with Crippen molar-refractivity contribution >= 4 is 17.9 Å². The maximum absolute atomic E-state index is 14.3. The first-order valence-corrected chi connectivity index (χ1v) is 25.3. The van der Waals surface area contributed by atoms with Crippen molar-refractivity contribution in [1.82, 2.24) is 9.80 Å². The Morgan fingerprint density at radius 3 is 1.53 bits per heavy atom. The monoisotopic (exact) mass is 874 g/mol. The number of imide groups is 1. The van der Waals surface area contributed by atoms with Crippen molar-refractivity contribution in [3.8, 4) is 0 Å². The van der Waals surface area contributed by atoms with Crippen molar-refractivity contribution in [2.24, 2.45) is 11.7 Å². The Morgan fingerprint density at radius 1 is 0.661 bits per heavy atom. The predicted octanol–water partition coefficient (Wildman–Crippen LogP) is 10.7. The Balaban J connectivity index is 2.17. The van der Waals surface area contributed by atoms with E-state index in [9.17, 15) is 29.7 Å². The van der Waals surface area contributed by atoms with Crippen LogP contribution in [0.15, 0.2) is 30.3 Å². The summed E-state index contributed by atoms with van der Waals surface area (Å²) in [5, 5.41) is 33.3. The second-order valence-electron chi connectivity index (χ2n) is 18.4. The van der Waals surface area contributed by atoms with Gasteiger partial charge in [0, 0.05) is 13.0 Å². The summed E-state index contributed by atoms with van der Waals surface area (Å²) in [4.78, 5) is 44.8. The van der Waals surface area contributed by atoms with Crippen LogP contribution in [0.4, 0.5) is 4.79 Å². The van der Waals surface area contributed by atoms with Gasteiger partial charge < -0.3 is 35.4 Å². The van der Waals surface area contributed by atoms with E-state index >= 15 is 0 Å². The molecule has 1 aromatic carbocycles. The summed E-state index contributed by atoms with van der Waals surface area (Å²) >= 11 is 0. The zero-order valence-electron chi connectivity index (χ0n) is 39.7. The molecule has 0 aliphatic carbocycles. The topological polar surface area (TPSA) is 163 Å². The first-order valence-electron chi connectivity index (χ1n) is 25.3. The van der Waals surface area contributed by atoms with Gasteiger partial charge in [0.15, 0.2) is 6.23 Å². The molecule has 11 nitrogen and oxygen atoms in total. The Bertz CT molecular complexity index is 1280. The number of aliphatic hydroxyl groups is 3. The molecular formula is C51H91N3O8. The van der Waals surface area contributed by atoms with E-state index in [1.807, 2.05) is 6.07 Å². The van der Waals surface area contributed by atoms with E-state index in [-0.39, 0.29) is 31.4 Å². The van der Waals surface area contributed by atoms with Gasteiger partial charge in [-0.25, -0.2) is 9.69 Å². The van der Waals surface area contributed by atoms with E-state index in [0.717, 1.165) is 43.4 Å². The average molecular weight is 874 g/mol. The fourth-order valence-corrected chi connectivity index (χ4v) is 8.52. The summed E-state index contributed by atoms with van der Waals surface area (Å²) in [6, 6.07) is 6.31. The van der Waals surface area contributed by atoms with E-state index in [0.29, 0.717) is 18.4 Å². The van der Waals surface area contributed by atoms with Crippen LogP contribution in [-0.2, 0) is 25.7 Å². The van der Waals surface area contributed by atoms with E-state index in [1.165, 1.54) is 127 Å². The van der Waals surface area contributed by atoms with Gasteiger partial charge in [0.05, 0.1) is 12.6 Å². The quantitative estimate of drug-likeness (QED) is 0.0481. The number of hydrogen-bond donors (Lipinski definition) is 4. The molecule has 1 aliphatic heterocycles. The van der Waals surface area contributed by atoms with Gasteiger partial charge in [-0.05, 0) is 24.3 Å². The molecule has 11 heteroatoms. The van der Waals surface area contributed by atoms with Crippen molar-refractivity contribution < 1.29 is 39.2 Å². The smallest absolute Gasteiger partial charge is 0.417 e. The van der Waals surface area contributed by atoms with Gasteiger partial charge in [0.2, 0.25) is 11.8 Å². The van der Waals surface area contributed by atoms with Crippen LogP contribution in [0.5, 0.6) is 0 Å². The van der Waals surface area contributed by atoms with Gasteiger partial charge in [0.25, 0.3) is 0 Å². The number of nitrogens with zero attached hydrogens (tertiary/aromatic N) is 2. The second kappa shape index (κ2) is 34.8.